The van der Waals surface area contributed by atoms with E-state index in [1.54, 1.807) is 21.0 Å². The van der Waals surface area contributed by atoms with Crippen LogP contribution in [0.4, 0.5) is 0 Å². The molecular weight excluding hydrogens is 742 g/mol. The van der Waals surface area contributed by atoms with E-state index in [0.29, 0.717) is 0 Å². The molecule has 0 aromatic heterocycles. The van der Waals surface area contributed by atoms with Gasteiger partial charge in [-0.1, -0.05) is 0 Å². The van der Waals surface area contributed by atoms with E-state index < -0.39 is 21.0 Å². The normalized spacial score (nSPS) is 13.4. The molecule has 0 aliphatic heterocycles. The van der Waals surface area contributed by atoms with Crippen LogP contribution in [0, 0.1) is 13.8 Å². The van der Waals surface area contributed by atoms with Crippen molar-refractivity contribution in [3.05, 3.63) is 145 Å². The zero-order chi connectivity index (χ0) is 29.8. The molecule has 2 aliphatic carbocycles. The molecule has 0 atom stereocenters. The molecule has 44 heavy (non-hydrogen) atoms. The van der Waals surface area contributed by atoms with Crippen LogP contribution in [0.5, 0.6) is 0 Å². The zero-order valence-electron chi connectivity index (χ0n) is 27.5. The van der Waals surface area contributed by atoms with Crippen LogP contribution < -0.4 is 3.32 Å². The van der Waals surface area contributed by atoms with Crippen molar-refractivity contribution in [2.45, 2.75) is 79.1 Å². The van der Waals surface area contributed by atoms with Crippen LogP contribution in [0.15, 0.2) is 100 Å². The van der Waals surface area contributed by atoms with Crippen molar-refractivity contribution in [3.8, 4) is 11.1 Å². The molecule has 0 fully saturated rings. The predicted octanol–water partition coefficient (Wildman–Crippen LogP) is 10.7. The van der Waals surface area contributed by atoms with E-state index in [1.807, 2.05) is 0 Å². The molecule has 3 heteroatoms. The Labute approximate surface area is 285 Å². The summed E-state index contributed by atoms with van der Waals surface area (Å²) in [4.78, 5) is 0. The minimum absolute atomic E-state index is 0. The van der Waals surface area contributed by atoms with E-state index in [1.165, 1.54) is 44.5 Å². The van der Waals surface area contributed by atoms with E-state index in [4.69, 9.17) is 0 Å². The molecule has 0 radical (unpaired) electrons. The fraction of sp³-hybridized carbons (Fsp3) is 0.293. The Kier molecular flexibility index (Phi) is 10.4. The van der Waals surface area contributed by atoms with Gasteiger partial charge in [-0.2, -0.15) is 0 Å². The van der Waals surface area contributed by atoms with Gasteiger partial charge in [0.05, 0.1) is 0 Å². The number of halogens is 2. The monoisotopic (exact) mass is 788 g/mol. The number of fused-ring (bicyclic) bond motifs is 3. The molecule has 0 bridgehead atoms. The van der Waals surface area contributed by atoms with Gasteiger partial charge in [-0.15, -0.1) is 24.8 Å². The van der Waals surface area contributed by atoms with Crippen LogP contribution in [0.3, 0.4) is 0 Å². The molecule has 0 amide bonds. The quantitative estimate of drug-likeness (QED) is 0.159. The largest absolute Gasteiger partial charge is 0.147 e. The summed E-state index contributed by atoms with van der Waals surface area (Å²) in [6.45, 7) is 18.7. The van der Waals surface area contributed by atoms with E-state index in [9.17, 15) is 0 Å². The molecule has 4 aromatic rings. The smallest absolute Gasteiger partial charge is 0.147 e. The summed E-state index contributed by atoms with van der Waals surface area (Å²) in [5, 5.41) is 0. The van der Waals surface area contributed by atoms with Crippen molar-refractivity contribution in [1.82, 2.24) is 0 Å². The zero-order valence-corrected chi connectivity index (χ0v) is 32.7. The van der Waals surface area contributed by atoms with Crippen molar-refractivity contribution in [2.24, 2.45) is 0 Å². The first-order chi connectivity index (χ1) is 19.9. The summed E-state index contributed by atoms with van der Waals surface area (Å²) in [6.07, 6.45) is 9.30. The molecule has 0 saturated heterocycles. The number of aryl methyl sites for hydroxylation is 2. The molecule has 4 aromatic carbocycles. The van der Waals surface area contributed by atoms with Crippen molar-refractivity contribution < 1.29 is 21.0 Å². The number of rotatable bonds is 4. The topological polar surface area (TPSA) is 0 Å². The van der Waals surface area contributed by atoms with Gasteiger partial charge in [0.1, 0.15) is 0 Å². The van der Waals surface area contributed by atoms with Gasteiger partial charge >= 0.3 is 263 Å². The third-order valence-corrected chi connectivity index (χ3v) is 20.3. The van der Waals surface area contributed by atoms with Gasteiger partial charge in [0.25, 0.3) is 0 Å². The fourth-order valence-corrected chi connectivity index (χ4v) is 19.8. The van der Waals surface area contributed by atoms with Crippen molar-refractivity contribution >= 4 is 31.4 Å². The Morgan fingerprint density at radius 1 is 0.682 bits per heavy atom. The molecule has 0 saturated carbocycles. The Balaban J connectivity index is 0.00000221. The molecule has 0 nitrogen and oxygen atoms in total. The fourth-order valence-electron chi connectivity index (χ4n) is 6.79. The van der Waals surface area contributed by atoms with Gasteiger partial charge in [-0.05, 0) is 0 Å². The van der Waals surface area contributed by atoms with Crippen molar-refractivity contribution in [1.29, 1.82) is 0 Å². The summed E-state index contributed by atoms with van der Waals surface area (Å²) in [6, 6.07) is 30.9. The second-order valence-electron chi connectivity index (χ2n) is 14.4. The average Bonchev–Trinajstić information content (AvgIpc) is 3.58. The van der Waals surface area contributed by atoms with Gasteiger partial charge in [0, 0.05) is 0 Å². The predicted molar refractivity (Wildman–Crippen MR) is 194 cm³/mol. The molecule has 6 rings (SSSR count). The Morgan fingerprint density at radius 3 is 1.82 bits per heavy atom. The molecule has 0 spiro atoms. The third-order valence-electron chi connectivity index (χ3n) is 8.96. The van der Waals surface area contributed by atoms with Gasteiger partial charge in [0.15, 0.2) is 0 Å². The van der Waals surface area contributed by atoms with Crippen LogP contribution in [0.1, 0.15) is 92.5 Å². The van der Waals surface area contributed by atoms with Crippen LogP contribution >= 0.6 is 24.8 Å². The van der Waals surface area contributed by atoms with Gasteiger partial charge in [0.2, 0.25) is 0 Å². The first-order valence-electron chi connectivity index (χ1n) is 15.5. The second kappa shape index (κ2) is 13.2. The minimum Gasteiger partial charge on any atom is -0.147 e. The maximum Gasteiger partial charge on any atom is -0.147 e. The van der Waals surface area contributed by atoms with Crippen LogP contribution in [-0.2, 0) is 38.2 Å². The Bertz CT molecular complexity index is 1760. The molecule has 0 heterocycles. The molecule has 2 aliphatic rings. The van der Waals surface area contributed by atoms with E-state index in [2.05, 4.69) is 152 Å². The van der Waals surface area contributed by atoms with E-state index in [-0.39, 0.29) is 35.6 Å². The molecule has 228 valence electrons. The maximum atomic E-state index is 2.50. The summed E-state index contributed by atoms with van der Waals surface area (Å²) >= 11 is -3.00. The van der Waals surface area contributed by atoms with Gasteiger partial charge in [-0.25, -0.2) is 0 Å². The third kappa shape index (κ3) is 6.62. The maximum absolute atomic E-state index is 3.00. The molecule has 0 unspecified atom stereocenters. The number of hydrogen-bond donors (Lipinski definition) is 0. The van der Waals surface area contributed by atoms with E-state index >= 15 is 0 Å². The van der Waals surface area contributed by atoms with Gasteiger partial charge in [-0.3, -0.25) is 0 Å². The number of hydrogen-bond acceptors (Lipinski definition) is 0. The minimum atomic E-state index is -3.00. The van der Waals surface area contributed by atoms with Crippen LogP contribution in [0.2, 0.25) is 0 Å². The molecule has 0 N–H and O–H groups in total. The van der Waals surface area contributed by atoms with Gasteiger partial charge < -0.3 is 0 Å². The summed E-state index contributed by atoms with van der Waals surface area (Å²) in [5.74, 6) is 0. The SMILES string of the molecule is Cc1cccc([C](c2cccc(C)c2)=[Hf]([C]2=CC=CC2)[c]2c(C(C)(C)C)ccc3c2Cc2cc(C(C)(C)C)ccc2-3)c1.Cl.Cl. The summed E-state index contributed by atoms with van der Waals surface area (Å²) < 4.78 is 5.06. The summed E-state index contributed by atoms with van der Waals surface area (Å²) in [7, 11) is 0. The number of benzene rings is 4. The first-order valence-corrected chi connectivity index (χ1v) is 20.9. The van der Waals surface area contributed by atoms with Crippen molar-refractivity contribution in [3.63, 3.8) is 0 Å². The molecular formula is C41H46Cl2Hf. The average molecular weight is 788 g/mol. The number of allylic oxidation sites excluding steroid dienone is 4. The summed E-state index contributed by atoms with van der Waals surface area (Å²) in [5.41, 5.74) is 14.7. The van der Waals surface area contributed by atoms with Crippen molar-refractivity contribution in [2.75, 3.05) is 0 Å². The standard InChI is InChI=1S/C21H25.C15H14.C5H5.2ClH.Hf/c1-20(2,3)16-7-9-18-14(12-16)11-15-13-17(21(4,5)6)8-10-19(15)18;1-12-5-3-7-14(9-12)11-15-8-4-6-13(2)10-15;1-2-4-5-3-1;;;/h7-10,12H,11H2,1-6H3;3-10H,1-2H3;1-3H,4H2;2*1H;. The Morgan fingerprint density at radius 2 is 1.30 bits per heavy atom. The Hall–Kier alpha value is -2.32. The first kappa shape index (κ1) is 34.6. The van der Waals surface area contributed by atoms with Crippen LogP contribution in [-0.4, -0.2) is 3.26 Å². The van der Waals surface area contributed by atoms with Crippen LogP contribution in [0.25, 0.3) is 11.1 Å². The second-order valence-corrected chi connectivity index (χ2v) is 23.0. The van der Waals surface area contributed by atoms with E-state index in [0.717, 1.165) is 12.8 Å².